The molecule has 94 valence electrons. The molecule has 1 aromatic carbocycles. The van der Waals surface area contributed by atoms with Crippen molar-refractivity contribution >= 4 is 33.2 Å². The van der Waals surface area contributed by atoms with E-state index in [0.717, 1.165) is 30.6 Å². The molecule has 1 aromatic rings. The van der Waals surface area contributed by atoms with E-state index in [1.807, 2.05) is 0 Å². The topological polar surface area (TPSA) is 12.5 Å². The molecule has 1 atom stereocenters. The SMILES string of the molecule is CC1CN(c2ccc(Br)cc2CCl)CCCO1. The van der Waals surface area contributed by atoms with Crippen LogP contribution in [0.5, 0.6) is 0 Å². The summed E-state index contributed by atoms with van der Waals surface area (Å²) in [6, 6.07) is 6.31. The van der Waals surface area contributed by atoms with Gasteiger partial charge in [-0.2, -0.15) is 0 Å². The number of ether oxygens (including phenoxy) is 1. The van der Waals surface area contributed by atoms with Crippen molar-refractivity contribution in [3.8, 4) is 0 Å². The third kappa shape index (κ3) is 3.36. The molecule has 1 saturated heterocycles. The lowest BCUT2D eigenvalue weighted by molar-refractivity contribution is 0.0821. The predicted molar refractivity (Wildman–Crippen MR) is 75.9 cm³/mol. The summed E-state index contributed by atoms with van der Waals surface area (Å²) in [4.78, 5) is 2.38. The van der Waals surface area contributed by atoms with Crippen LogP contribution in [0.3, 0.4) is 0 Å². The van der Waals surface area contributed by atoms with Crippen molar-refractivity contribution < 1.29 is 4.74 Å². The highest BCUT2D eigenvalue weighted by molar-refractivity contribution is 9.10. The van der Waals surface area contributed by atoms with Crippen LogP contribution in [-0.4, -0.2) is 25.8 Å². The monoisotopic (exact) mass is 317 g/mol. The van der Waals surface area contributed by atoms with Gasteiger partial charge in [0.1, 0.15) is 0 Å². The van der Waals surface area contributed by atoms with Crippen LogP contribution in [0.15, 0.2) is 22.7 Å². The van der Waals surface area contributed by atoms with Crippen LogP contribution in [0.2, 0.25) is 0 Å². The van der Waals surface area contributed by atoms with Gasteiger partial charge in [0.25, 0.3) is 0 Å². The molecule has 1 aliphatic heterocycles. The molecule has 17 heavy (non-hydrogen) atoms. The molecular formula is C13H17BrClNO. The Bertz CT molecular complexity index is 386. The fraction of sp³-hybridized carbons (Fsp3) is 0.538. The summed E-state index contributed by atoms with van der Waals surface area (Å²) in [5.41, 5.74) is 2.41. The van der Waals surface area contributed by atoms with Crippen molar-refractivity contribution in [2.75, 3.05) is 24.6 Å². The Kier molecular flexibility index (Phi) is 4.71. The van der Waals surface area contributed by atoms with Crippen molar-refractivity contribution in [3.63, 3.8) is 0 Å². The van der Waals surface area contributed by atoms with Gasteiger partial charge >= 0.3 is 0 Å². The molecule has 0 spiro atoms. The number of alkyl halides is 1. The summed E-state index contributed by atoms with van der Waals surface area (Å²) in [7, 11) is 0. The highest BCUT2D eigenvalue weighted by atomic mass is 79.9. The zero-order valence-electron chi connectivity index (χ0n) is 9.96. The van der Waals surface area contributed by atoms with Gasteiger partial charge < -0.3 is 9.64 Å². The Morgan fingerprint density at radius 1 is 1.53 bits per heavy atom. The number of benzene rings is 1. The van der Waals surface area contributed by atoms with Crippen LogP contribution in [0.4, 0.5) is 5.69 Å². The van der Waals surface area contributed by atoms with Gasteiger partial charge in [-0.15, -0.1) is 11.6 Å². The quantitative estimate of drug-likeness (QED) is 0.769. The largest absolute Gasteiger partial charge is 0.377 e. The van der Waals surface area contributed by atoms with Crippen molar-refractivity contribution in [2.45, 2.75) is 25.3 Å². The molecule has 1 heterocycles. The maximum atomic E-state index is 6.02. The Balaban J connectivity index is 2.25. The first kappa shape index (κ1) is 13.2. The number of nitrogens with zero attached hydrogens (tertiary/aromatic N) is 1. The first-order valence-corrected chi connectivity index (χ1v) is 7.24. The minimum Gasteiger partial charge on any atom is -0.377 e. The minimum atomic E-state index is 0.282. The zero-order chi connectivity index (χ0) is 12.3. The third-order valence-corrected chi connectivity index (χ3v) is 3.76. The summed E-state index contributed by atoms with van der Waals surface area (Å²) in [6.07, 6.45) is 1.35. The Morgan fingerprint density at radius 3 is 3.12 bits per heavy atom. The van der Waals surface area contributed by atoms with E-state index in [0.29, 0.717) is 5.88 Å². The lowest BCUT2D eigenvalue weighted by atomic mass is 10.1. The van der Waals surface area contributed by atoms with Gasteiger partial charge in [-0.25, -0.2) is 0 Å². The van der Waals surface area contributed by atoms with E-state index in [2.05, 4.69) is 46.0 Å². The second kappa shape index (κ2) is 6.07. The van der Waals surface area contributed by atoms with Crippen molar-refractivity contribution in [2.24, 2.45) is 0 Å². The maximum Gasteiger partial charge on any atom is 0.0721 e. The first-order valence-electron chi connectivity index (χ1n) is 5.91. The molecule has 4 heteroatoms. The van der Waals surface area contributed by atoms with E-state index in [-0.39, 0.29) is 6.10 Å². The van der Waals surface area contributed by atoms with Gasteiger partial charge in [0.05, 0.1) is 6.10 Å². The molecule has 0 radical (unpaired) electrons. The predicted octanol–water partition coefficient (Wildman–Crippen LogP) is 3.80. The standard InChI is InChI=1S/C13H17BrClNO/c1-10-9-16(5-2-6-17-10)13-4-3-12(14)7-11(13)8-15/h3-4,7,10H,2,5-6,8-9H2,1H3. The summed E-state index contributed by atoms with van der Waals surface area (Å²) in [5.74, 6) is 0.542. The summed E-state index contributed by atoms with van der Waals surface area (Å²) in [5, 5.41) is 0. The van der Waals surface area contributed by atoms with Gasteiger partial charge in [0.2, 0.25) is 0 Å². The minimum absolute atomic E-state index is 0.282. The molecule has 2 rings (SSSR count). The lowest BCUT2D eigenvalue weighted by Gasteiger charge is -2.26. The van der Waals surface area contributed by atoms with E-state index >= 15 is 0 Å². The average Bonchev–Trinajstić information content (AvgIpc) is 2.53. The Labute approximate surface area is 116 Å². The molecule has 0 N–H and O–H groups in total. The molecular weight excluding hydrogens is 302 g/mol. The van der Waals surface area contributed by atoms with Crippen LogP contribution < -0.4 is 4.90 Å². The number of hydrogen-bond donors (Lipinski definition) is 0. The van der Waals surface area contributed by atoms with E-state index in [4.69, 9.17) is 16.3 Å². The molecule has 0 saturated carbocycles. The van der Waals surface area contributed by atoms with Crippen molar-refractivity contribution in [3.05, 3.63) is 28.2 Å². The van der Waals surface area contributed by atoms with E-state index in [9.17, 15) is 0 Å². The summed E-state index contributed by atoms with van der Waals surface area (Å²) in [6.45, 7) is 4.95. The molecule has 0 aliphatic carbocycles. The van der Waals surface area contributed by atoms with Crippen LogP contribution in [0.1, 0.15) is 18.9 Å². The average molecular weight is 319 g/mol. The number of halogens is 2. The fourth-order valence-corrected chi connectivity index (χ4v) is 2.81. The van der Waals surface area contributed by atoms with Gasteiger partial charge in [-0.1, -0.05) is 15.9 Å². The normalized spacial score (nSPS) is 21.4. The molecule has 1 aliphatic rings. The fourth-order valence-electron chi connectivity index (χ4n) is 2.18. The van der Waals surface area contributed by atoms with Crippen LogP contribution in [0, 0.1) is 0 Å². The second-order valence-electron chi connectivity index (χ2n) is 4.39. The molecule has 1 fully saturated rings. The molecule has 0 aromatic heterocycles. The molecule has 2 nitrogen and oxygen atoms in total. The summed E-state index contributed by atoms with van der Waals surface area (Å²) >= 11 is 9.51. The van der Waals surface area contributed by atoms with E-state index < -0.39 is 0 Å². The van der Waals surface area contributed by atoms with Crippen molar-refractivity contribution in [1.29, 1.82) is 0 Å². The van der Waals surface area contributed by atoms with Crippen LogP contribution >= 0.6 is 27.5 Å². The van der Waals surface area contributed by atoms with E-state index in [1.54, 1.807) is 0 Å². The van der Waals surface area contributed by atoms with E-state index in [1.165, 1.54) is 11.3 Å². The molecule has 1 unspecified atom stereocenters. The number of anilines is 1. The smallest absolute Gasteiger partial charge is 0.0721 e. The van der Waals surface area contributed by atoms with Crippen LogP contribution in [0.25, 0.3) is 0 Å². The van der Waals surface area contributed by atoms with Gasteiger partial charge in [0, 0.05) is 35.7 Å². The number of hydrogen-bond acceptors (Lipinski definition) is 2. The first-order chi connectivity index (χ1) is 8.20. The van der Waals surface area contributed by atoms with Gasteiger partial charge in [-0.3, -0.25) is 0 Å². The van der Waals surface area contributed by atoms with Crippen molar-refractivity contribution in [1.82, 2.24) is 0 Å². The highest BCUT2D eigenvalue weighted by Crippen LogP contribution is 2.27. The lowest BCUT2D eigenvalue weighted by Crippen LogP contribution is -2.30. The van der Waals surface area contributed by atoms with Gasteiger partial charge in [-0.05, 0) is 37.1 Å². The Hall–Kier alpha value is -0.250. The molecule has 0 amide bonds. The zero-order valence-corrected chi connectivity index (χ0v) is 12.3. The highest BCUT2D eigenvalue weighted by Gasteiger charge is 2.17. The molecule has 0 bridgehead atoms. The number of rotatable bonds is 2. The third-order valence-electron chi connectivity index (χ3n) is 2.98. The van der Waals surface area contributed by atoms with Gasteiger partial charge in [0.15, 0.2) is 0 Å². The Morgan fingerprint density at radius 2 is 2.35 bits per heavy atom. The maximum absolute atomic E-state index is 6.02. The van der Waals surface area contributed by atoms with Crippen LogP contribution in [-0.2, 0) is 10.6 Å². The summed E-state index contributed by atoms with van der Waals surface area (Å²) < 4.78 is 6.75. The second-order valence-corrected chi connectivity index (χ2v) is 5.57.